The minimum absolute atomic E-state index is 0.0940. The number of nitro groups is 1. The molecule has 0 aliphatic carbocycles. The van der Waals surface area contributed by atoms with Crippen LogP contribution in [0.3, 0.4) is 0 Å². The Morgan fingerprint density at radius 2 is 2.22 bits per heavy atom. The highest BCUT2D eigenvalue weighted by molar-refractivity contribution is 5.62. The molecule has 0 aliphatic heterocycles. The molecule has 0 atom stereocenters. The fourth-order valence-electron chi connectivity index (χ4n) is 1.46. The Hall–Kier alpha value is -2.51. The van der Waals surface area contributed by atoms with Crippen LogP contribution in [-0.2, 0) is 6.54 Å². The number of nitro benzene ring substituents is 1. The van der Waals surface area contributed by atoms with Crippen molar-refractivity contribution < 1.29 is 13.7 Å². The smallest absolute Gasteiger partial charge is 0.327 e. The SMILES string of the molecule is O=[N+]([O-])c1c(F)cc(F)cc1NCc1ncc[nH]1. The lowest BCUT2D eigenvalue weighted by atomic mass is 10.2. The molecule has 0 saturated carbocycles. The zero-order valence-electron chi connectivity index (χ0n) is 8.98. The molecule has 0 fully saturated rings. The molecule has 1 aromatic carbocycles. The van der Waals surface area contributed by atoms with Crippen LogP contribution in [0.2, 0.25) is 0 Å². The maximum atomic E-state index is 13.3. The van der Waals surface area contributed by atoms with E-state index in [0.717, 1.165) is 6.07 Å². The van der Waals surface area contributed by atoms with Gasteiger partial charge in [-0.2, -0.15) is 4.39 Å². The Balaban J connectivity index is 2.28. The molecule has 0 saturated heterocycles. The van der Waals surface area contributed by atoms with Gasteiger partial charge in [0.05, 0.1) is 11.5 Å². The molecule has 0 radical (unpaired) electrons. The van der Waals surface area contributed by atoms with Gasteiger partial charge >= 0.3 is 5.69 Å². The van der Waals surface area contributed by atoms with E-state index in [2.05, 4.69) is 15.3 Å². The molecular weight excluding hydrogens is 246 g/mol. The van der Waals surface area contributed by atoms with E-state index in [4.69, 9.17) is 0 Å². The summed E-state index contributed by atoms with van der Waals surface area (Å²) in [5.41, 5.74) is -1.02. The van der Waals surface area contributed by atoms with Crippen molar-refractivity contribution in [3.8, 4) is 0 Å². The van der Waals surface area contributed by atoms with E-state index in [1.165, 1.54) is 6.20 Å². The zero-order valence-corrected chi connectivity index (χ0v) is 8.98. The van der Waals surface area contributed by atoms with Gasteiger partial charge in [0.15, 0.2) is 0 Å². The monoisotopic (exact) mass is 254 g/mol. The van der Waals surface area contributed by atoms with Gasteiger partial charge in [0.1, 0.15) is 17.3 Å². The van der Waals surface area contributed by atoms with Crippen molar-refractivity contribution in [1.82, 2.24) is 9.97 Å². The highest BCUT2D eigenvalue weighted by Gasteiger charge is 2.21. The van der Waals surface area contributed by atoms with Gasteiger partial charge in [0.25, 0.3) is 0 Å². The quantitative estimate of drug-likeness (QED) is 0.647. The molecule has 2 N–H and O–H groups in total. The van der Waals surface area contributed by atoms with Crippen molar-refractivity contribution in [2.45, 2.75) is 6.54 Å². The molecule has 1 heterocycles. The number of benzene rings is 1. The van der Waals surface area contributed by atoms with Crippen LogP contribution in [0, 0.1) is 21.7 Å². The Morgan fingerprint density at radius 1 is 1.44 bits per heavy atom. The summed E-state index contributed by atoms with van der Waals surface area (Å²) in [4.78, 5) is 16.4. The number of aromatic amines is 1. The average molecular weight is 254 g/mol. The Morgan fingerprint density at radius 3 is 2.83 bits per heavy atom. The van der Waals surface area contributed by atoms with Gasteiger partial charge in [-0.1, -0.05) is 0 Å². The maximum Gasteiger partial charge on any atom is 0.327 e. The number of H-pyrrole nitrogens is 1. The first-order valence-electron chi connectivity index (χ1n) is 4.93. The molecule has 1 aromatic heterocycles. The summed E-state index contributed by atoms with van der Waals surface area (Å²) in [7, 11) is 0. The molecule has 18 heavy (non-hydrogen) atoms. The molecule has 2 aromatic rings. The minimum Gasteiger partial charge on any atom is -0.372 e. The third-order valence-corrected chi connectivity index (χ3v) is 2.21. The van der Waals surface area contributed by atoms with Gasteiger partial charge in [-0.3, -0.25) is 10.1 Å². The van der Waals surface area contributed by atoms with Crippen LogP contribution >= 0.6 is 0 Å². The predicted molar refractivity (Wildman–Crippen MR) is 58.9 cm³/mol. The third-order valence-electron chi connectivity index (χ3n) is 2.21. The topological polar surface area (TPSA) is 83.8 Å². The summed E-state index contributed by atoms with van der Waals surface area (Å²) < 4.78 is 26.3. The first-order chi connectivity index (χ1) is 8.58. The molecule has 0 amide bonds. The number of aromatic nitrogens is 2. The Kier molecular flexibility index (Phi) is 3.18. The number of anilines is 1. The van der Waals surface area contributed by atoms with Crippen molar-refractivity contribution in [2.75, 3.05) is 5.32 Å². The first kappa shape index (κ1) is 12.0. The summed E-state index contributed by atoms with van der Waals surface area (Å²) in [5.74, 6) is -1.61. The number of nitrogens with one attached hydrogen (secondary N) is 2. The highest BCUT2D eigenvalue weighted by Crippen LogP contribution is 2.28. The van der Waals surface area contributed by atoms with Gasteiger partial charge in [0, 0.05) is 24.5 Å². The van der Waals surface area contributed by atoms with Gasteiger partial charge in [0.2, 0.25) is 5.82 Å². The summed E-state index contributed by atoms with van der Waals surface area (Å²) in [6, 6.07) is 1.33. The van der Waals surface area contributed by atoms with Crippen molar-refractivity contribution in [3.63, 3.8) is 0 Å². The van der Waals surface area contributed by atoms with E-state index in [1.54, 1.807) is 6.20 Å². The molecule has 0 spiro atoms. The van der Waals surface area contributed by atoms with Gasteiger partial charge in [-0.25, -0.2) is 9.37 Å². The predicted octanol–water partition coefficient (Wildman–Crippen LogP) is 2.21. The lowest BCUT2D eigenvalue weighted by Crippen LogP contribution is -2.06. The molecule has 0 aliphatic rings. The van der Waals surface area contributed by atoms with Gasteiger partial charge in [-0.05, 0) is 0 Å². The van der Waals surface area contributed by atoms with Crippen molar-refractivity contribution in [3.05, 3.63) is 52.1 Å². The fraction of sp³-hybridized carbons (Fsp3) is 0.100. The number of rotatable bonds is 4. The average Bonchev–Trinajstić information content (AvgIpc) is 2.77. The second kappa shape index (κ2) is 4.78. The van der Waals surface area contributed by atoms with E-state index in [1.807, 2.05) is 0 Å². The van der Waals surface area contributed by atoms with Crippen LogP contribution in [0.15, 0.2) is 24.5 Å². The van der Waals surface area contributed by atoms with Crippen LogP contribution < -0.4 is 5.32 Å². The largest absolute Gasteiger partial charge is 0.372 e. The van der Waals surface area contributed by atoms with Crippen molar-refractivity contribution >= 4 is 11.4 Å². The zero-order chi connectivity index (χ0) is 13.1. The van der Waals surface area contributed by atoms with E-state index >= 15 is 0 Å². The molecular formula is C10H8F2N4O2. The number of hydrogen-bond acceptors (Lipinski definition) is 4. The summed E-state index contributed by atoms with van der Waals surface area (Å²) in [6.45, 7) is 0.0940. The molecule has 8 heteroatoms. The molecule has 2 rings (SSSR count). The van der Waals surface area contributed by atoms with Crippen LogP contribution in [0.25, 0.3) is 0 Å². The van der Waals surface area contributed by atoms with E-state index in [-0.39, 0.29) is 12.2 Å². The van der Waals surface area contributed by atoms with E-state index in [9.17, 15) is 18.9 Å². The molecule has 6 nitrogen and oxygen atoms in total. The molecule has 0 bridgehead atoms. The molecule has 0 unspecified atom stereocenters. The normalized spacial score (nSPS) is 10.3. The van der Waals surface area contributed by atoms with Gasteiger partial charge in [-0.15, -0.1) is 0 Å². The maximum absolute atomic E-state index is 13.3. The number of hydrogen-bond donors (Lipinski definition) is 2. The Bertz CT molecular complexity index is 572. The van der Waals surface area contributed by atoms with Crippen LogP contribution in [0.4, 0.5) is 20.2 Å². The number of halogens is 2. The van der Waals surface area contributed by atoms with Crippen LogP contribution in [0.5, 0.6) is 0 Å². The van der Waals surface area contributed by atoms with Crippen molar-refractivity contribution in [2.24, 2.45) is 0 Å². The van der Waals surface area contributed by atoms with Crippen LogP contribution in [0.1, 0.15) is 5.82 Å². The van der Waals surface area contributed by atoms with Crippen molar-refractivity contribution in [1.29, 1.82) is 0 Å². The highest BCUT2D eigenvalue weighted by atomic mass is 19.1. The minimum atomic E-state index is -1.22. The Labute approximate surface area is 99.8 Å². The van der Waals surface area contributed by atoms with E-state index in [0.29, 0.717) is 11.9 Å². The first-order valence-corrected chi connectivity index (χ1v) is 4.93. The van der Waals surface area contributed by atoms with Gasteiger partial charge < -0.3 is 10.3 Å². The summed E-state index contributed by atoms with van der Waals surface area (Å²) in [6.07, 6.45) is 3.06. The fourth-order valence-corrected chi connectivity index (χ4v) is 1.46. The second-order valence-corrected chi connectivity index (χ2v) is 3.43. The number of nitrogens with zero attached hydrogens (tertiary/aromatic N) is 2. The third kappa shape index (κ3) is 2.42. The second-order valence-electron chi connectivity index (χ2n) is 3.43. The standard InChI is InChI=1S/C10H8F2N4O2/c11-6-3-7(12)10(16(17)18)8(4-6)15-5-9-13-1-2-14-9/h1-4,15H,5H2,(H,13,14). The lowest BCUT2D eigenvalue weighted by Gasteiger charge is -2.06. The lowest BCUT2D eigenvalue weighted by molar-refractivity contribution is -0.386. The summed E-state index contributed by atoms with van der Waals surface area (Å²) >= 11 is 0. The van der Waals surface area contributed by atoms with E-state index < -0.39 is 22.2 Å². The summed E-state index contributed by atoms with van der Waals surface area (Å²) in [5, 5.41) is 13.3. The number of imidazole rings is 1. The molecule has 94 valence electrons. The van der Waals surface area contributed by atoms with Crippen LogP contribution in [-0.4, -0.2) is 14.9 Å².